The van der Waals surface area contributed by atoms with Crippen LogP contribution in [0.1, 0.15) is 11.5 Å². The molecule has 3 rings (SSSR count). The Hall–Kier alpha value is -2.54. The van der Waals surface area contributed by atoms with Crippen LogP contribution < -0.4 is 0 Å². The third kappa shape index (κ3) is 3.81. The van der Waals surface area contributed by atoms with Crippen LogP contribution in [0.4, 0.5) is 4.39 Å². The maximum atomic E-state index is 13.6. The summed E-state index contributed by atoms with van der Waals surface area (Å²) in [4.78, 5) is 4.08. The standard InChI is InChI=1S/C16H13FN2O3S/c17-14-9-5-4-8-13(14)10-23(20,21)11-15-18-16(19-22-15)12-6-2-1-3-7-12/h1-9H,10-11H2. The summed E-state index contributed by atoms with van der Waals surface area (Å²) in [5.74, 6) is -1.09. The van der Waals surface area contributed by atoms with Gasteiger partial charge in [0, 0.05) is 11.1 Å². The molecule has 1 heterocycles. The van der Waals surface area contributed by atoms with Gasteiger partial charge in [-0.1, -0.05) is 53.7 Å². The average molecular weight is 332 g/mol. The van der Waals surface area contributed by atoms with Crippen molar-refractivity contribution >= 4 is 9.84 Å². The van der Waals surface area contributed by atoms with Crippen molar-refractivity contribution in [1.29, 1.82) is 0 Å². The summed E-state index contributed by atoms with van der Waals surface area (Å²) < 4.78 is 42.9. The lowest BCUT2D eigenvalue weighted by Crippen LogP contribution is -2.09. The Morgan fingerprint density at radius 2 is 1.65 bits per heavy atom. The molecule has 0 N–H and O–H groups in total. The maximum absolute atomic E-state index is 13.6. The van der Waals surface area contributed by atoms with E-state index in [0.29, 0.717) is 5.82 Å². The monoisotopic (exact) mass is 332 g/mol. The topological polar surface area (TPSA) is 73.1 Å². The molecule has 0 radical (unpaired) electrons. The molecule has 2 aromatic carbocycles. The highest BCUT2D eigenvalue weighted by Crippen LogP contribution is 2.18. The van der Waals surface area contributed by atoms with Crippen molar-refractivity contribution in [2.24, 2.45) is 0 Å². The minimum Gasteiger partial charge on any atom is -0.338 e. The van der Waals surface area contributed by atoms with Gasteiger partial charge >= 0.3 is 0 Å². The second kappa shape index (κ2) is 6.29. The molecule has 0 amide bonds. The van der Waals surface area contributed by atoms with E-state index in [0.717, 1.165) is 5.56 Å². The molecule has 0 spiro atoms. The van der Waals surface area contributed by atoms with Gasteiger partial charge in [-0.3, -0.25) is 0 Å². The summed E-state index contributed by atoms with van der Waals surface area (Å²) in [5.41, 5.74) is 0.851. The molecule has 0 saturated carbocycles. The van der Waals surface area contributed by atoms with Gasteiger partial charge in [-0.2, -0.15) is 4.98 Å². The zero-order chi connectivity index (χ0) is 16.3. The molecule has 0 saturated heterocycles. The zero-order valence-electron chi connectivity index (χ0n) is 12.0. The first-order valence-corrected chi connectivity index (χ1v) is 8.67. The third-order valence-electron chi connectivity index (χ3n) is 3.18. The second-order valence-electron chi connectivity index (χ2n) is 5.00. The van der Waals surface area contributed by atoms with E-state index in [-0.39, 0.29) is 11.5 Å². The summed E-state index contributed by atoms with van der Waals surface area (Å²) in [7, 11) is -3.62. The summed E-state index contributed by atoms with van der Waals surface area (Å²) >= 11 is 0. The van der Waals surface area contributed by atoms with Crippen LogP contribution in [0.5, 0.6) is 0 Å². The minimum atomic E-state index is -3.62. The molecule has 0 aliphatic rings. The second-order valence-corrected chi connectivity index (χ2v) is 7.07. The van der Waals surface area contributed by atoms with E-state index in [4.69, 9.17) is 4.52 Å². The van der Waals surface area contributed by atoms with Gasteiger partial charge in [0.25, 0.3) is 0 Å². The minimum absolute atomic E-state index is 0.0137. The van der Waals surface area contributed by atoms with Crippen LogP contribution in [-0.4, -0.2) is 18.6 Å². The molecule has 7 heteroatoms. The summed E-state index contributed by atoms with van der Waals surface area (Å²) in [6.45, 7) is 0. The number of halogens is 1. The predicted octanol–water partition coefficient (Wildman–Crippen LogP) is 2.99. The molecule has 118 valence electrons. The Morgan fingerprint density at radius 1 is 0.957 bits per heavy atom. The van der Waals surface area contributed by atoms with Gasteiger partial charge in [-0.25, -0.2) is 12.8 Å². The van der Waals surface area contributed by atoms with Gasteiger partial charge in [0.15, 0.2) is 9.84 Å². The Morgan fingerprint density at radius 3 is 2.39 bits per heavy atom. The molecule has 23 heavy (non-hydrogen) atoms. The summed E-state index contributed by atoms with van der Waals surface area (Å²) in [6.07, 6.45) is 0. The fourth-order valence-corrected chi connectivity index (χ4v) is 3.41. The van der Waals surface area contributed by atoms with Crippen LogP contribution in [0.25, 0.3) is 11.4 Å². The summed E-state index contributed by atoms with van der Waals surface area (Å²) in [5, 5.41) is 3.77. The van der Waals surface area contributed by atoms with E-state index in [1.807, 2.05) is 18.2 Å². The molecule has 5 nitrogen and oxygen atoms in total. The van der Waals surface area contributed by atoms with Crippen LogP contribution in [-0.2, 0) is 21.3 Å². The van der Waals surface area contributed by atoms with E-state index >= 15 is 0 Å². The van der Waals surface area contributed by atoms with Gasteiger partial charge in [0.1, 0.15) is 11.6 Å². The van der Waals surface area contributed by atoms with Gasteiger partial charge in [0.05, 0.1) is 5.75 Å². The molecule has 0 fully saturated rings. The zero-order valence-corrected chi connectivity index (χ0v) is 12.8. The molecular formula is C16H13FN2O3S. The van der Waals surface area contributed by atoms with Gasteiger partial charge < -0.3 is 4.52 Å². The first kappa shape index (κ1) is 15.4. The van der Waals surface area contributed by atoms with Gasteiger partial charge in [0.2, 0.25) is 11.7 Å². The molecule has 3 aromatic rings. The van der Waals surface area contributed by atoms with Crippen molar-refractivity contribution in [2.75, 3.05) is 0 Å². The lowest BCUT2D eigenvalue weighted by molar-refractivity contribution is 0.389. The molecule has 1 aromatic heterocycles. The van der Waals surface area contributed by atoms with Crippen LogP contribution >= 0.6 is 0 Å². The lowest BCUT2D eigenvalue weighted by Gasteiger charge is -2.03. The van der Waals surface area contributed by atoms with E-state index in [9.17, 15) is 12.8 Å². The highest BCUT2D eigenvalue weighted by molar-refractivity contribution is 7.89. The highest BCUT2D eigenvalue weighted by Gasteiger charge is 2.20. The van der Waals surface area contributed by atoms with Crippen molar-refractivity contribution in [1.82, 2.24) is 10.1 Å². The van der Waals surface area contributed by atoms with Crippen molar-refractivity contribution in [3.05, 3.63) is 71.9 Å². The van der Waals surface area contributed by atoms with Gasteiger partial charge in [-0.15, -0.1) is 0 Å². The Bertz CT molecular complexity index is 908. The first-order valence-electron chi connectivity index (χ1n) is 6.85. The lowest BCUT2D eigenvalue weighted by atomic mass is 10.2. The van der Waals surface area contributed by atoms with Crippen molar-refractivity contribution in [3.63, 3.8) is 0 Å². The fraction of sp³-hybridized carbons (Fsp3) is 0.125. The summed E-state index contributed by atoms with van der Waals surface area (Å²) in [6, 6.07) is 14.8. The van der Waals surface area contributed by atoms with Crippen molar-refractivity contribution < 1.29 is 17.3 Å². The van der Waals surface area contributed by atoms with Crippen LogP contribution in [0.15, 0.2) is 59.1 Å². The number of aromatic nitrogens is 2. The maximum Gasteiger partial charge on any atom is 0.242 e. The normalized spacial score (nSPS) is 11.5. The van der Waals surface area contributed by atoms with E-state index < -0.39 is 27.2 Å². The quantitative estimate of drug-likeness (QED) is 0.718. The van der Waals surface area contributed by atoms with E-state index in [1.165, 1.54) is 18.2 Å². The van der Waals surface area contributed by atoms with Gasteiger partial charge in [-0.05, 0) is 6.07 Å². The predicted molar refractivity (Wildman–Crippen MR) is 82.5 cm³/mol. The number of hydrogen-bond donors (Lipinski definition) is 0. The van der Waals surface area contributed by atoms with E-state index in [1.54, 1.807) is 18.2 Å². The van der Waals surface area contributed by atoms with Crippen molar-refractivity contribution in [2.45, 2.75) is 11.5 Å². The van der Waals surface area contributed by atoms with E-state index in [2.05, 4.69) is 10.1 Å². The van der Waals surface area contributed by atoms with Crippen LogP contribution in [0, 0.1) is 5.82 Å². The Kier molecular flexibility index (Phi) is 4.20. The Balaban J connectivity index is 1.77. The molecule has 0 unspecified atom stereocenters. The molecule has 0 bridgehead atoms. The van der Waals surface area contributed by atoms with Crippen molar-refractivity contribution in [3.8, 4) is 11.4 Å². The number of nitrogens with zero attached hydrogens (tertiary/aromatic N) is 2. The molecular weight excluding hydrogens is 319 g/mol. The smallest absolute Gasteiger partial charge is 0.242 e. The number of sulfone groups is 1. The molecule has 0 aliphatic heterocycles. The first-order chi connectivity index (χ1) is 11.0. The average Bonchev–Trinajstić information content (AvgIpc) is 2.98. The third-order valence-corrected chi connectivity index (χ3v) is 4.61. The molecule has 0 aliphatic carbocycles. The van der Waals surface area contributed by atoms with Crippen LogP contribution in [0.3, 0.4) is 0 Å². The SMILES string of the molecule is O=S(=O)(Cc1nc(-c2ccccc2)no1)Cc1ccccc1F. The highest BCUT2D eigenvalue weighted by atomic mass is 32.2. The Labute approximate surface area is 132 Å². The number of hydrogen-bond acceptors (Lipinski definition) is 5. The largest absolute Gasteiger partial charge is 0.338 e. The molecule has 0 atom stereocenters. The number of benzene rings is 2. The van der Waals surface area contributed by atoms with Crippen LogP contribution in [0.2, 0.25) is 0 Å². The fourth-order valence-electron chi connectivity index (χ4n) is 2.11. The number of rotatable bonds is 5.